The molecule has 1 aromatic heterocycles. The van der Waals surface area contributed by atoms with Crippen LogP contribution in [-0.2, 0) is 0 Å². The van der Waals surface area contributed by atoms with Gasteiger partial charge in [0, 0.05) is 11.9 Å². The molecule has 0 unspecified atom stereocenters. The number of halogens is 1. The van der Waals surface area contributed by atoms with Gasteiger partial charge in [-0.25, -0.2) is 0 Å². The van der Waals surface area contributed by atoms with Crippen molar-refractivity contribution in [3.05, 3.63) is 29.6 Å². The molecule has 0 aromatic carbocycles. The highest BCUT2D eigenvalue weighted by atomic mass is 35.6. The zero-order chi connectivity index (χ0) is 8.69. The summed E-state index contributed by atoms with van der Waals surface area (Å²) >= 11 is -0.167. The Labute approximate surface area is 69.8 Å². The zero-order valence-corrected chi connectivity index (χ0v) is 7.17. The molecule has 3 nitrogen and oxygen atoms in total. The number of pyridine rings is 1. The van der Waals surface area contributed by atoms with Crippen LogP contribution in [0.4, 0.5) is 0 Å². The van der Waals surface area contributed by atoms with Crippen molar-refractivity contribution in [1.29, 1.82) is 0 Å². The summed E-state index contributed by atoms with van der Waals surface area (Å²) in [5.41, 5.74) is 2.36. The Hall–Kier alpha value is -0.640. The summed E-state index contributed by atoms with van der Waals surface area (Å²) in [6.07, 6.45) is 1.82. The van der Waals surface area contributed by atoms with Crippen molar-refractivity contribution in [3.63, 3.8) is 0 Å². The van der Waals surface area contributed by atoms with Gasteiger partial charge in [-0.05, 0) is 31.5 Å². The van der Waals surface area contributed by atoms with E-state index in [2.05, 4.69) is 18.0 Å². The molecular formula is C7H10ClNO2. The Morgan fingerprint density at radius 3 is 2.36 bits per heavy atom. The van der Waals surface area contributed by atoms with Gasteiger partial charge in [-0.2, -0.15) is 0 Å². The van der Waals surface area contributed by atoms with Crippen LogP contribution in [0.2, 0.25) is 0 Å². The van der Waals surface area contributed by atoms with E-state index in [0.717, 1.165) is 5.69 Å². The Bertz CT molecular complexity index is 188. The molecule has 1 N–H and O–H groups in total. The summed E-state index contributed by atoms with van der Waals surface area (Å²) in [5.74, 6) is 0. The molecule has 62 valence electrons. The fourth-order valence-corrected chi connectivity index (χ4v) is 0.687. The van der Waals surface area contributed by atoms with E-state index in [1.165, 1.54) is 5.56 Å². The van der Waals surface area contributed by atoms with Gasteiger partial charge in [0.15, 0.2) is 0 Å². The second-order valence-corrected chi connectivity index (χ2v) is 2.18. The highest BCUT2D eigenvalue weighted by molar-refractivity contribution is 5.12. The highest BCUT2D eigenvalue weighted by Crippen LogP contribution is 1.95. The molecule has 0 saturated carbocycles. The van der Waals surface area contributed by atoms with Crippen LogP contribution in [0.3, 0.4) is 0 Å². The fourth-order valence-electron chi connectivity index (χ4n) is 0.687. The fraction of sp³-hybridized carbons (Fsp3) is 0.286. The van der Waals surface area contributed by atoms with Crippen LogP contribution >= 0.6 is 0 Å². The molecule has 1 rings (SSSR count). The molecule has 0 aliphatic rings. The first-order chi connectivity index (χ1) is 5.20. The van der Waals surface area contributed by atoms with Gasteiger partial charge in [0.2, 0.25) is 0 Å². The minimum atomic E-state index is -0.167. The standard InChI is InChI=1S/C7H9N.ClHO2/c1-6-3-4-8-7(2)5-6;2-1-3/h3-5H,1-2H3;2H. The maximum atomic E-state index is 8.35. The van der Waals surface area contributed by atoms with E-state index in [0.29, 0.717) is 0 Å². The van der Waals surface area contributed by atoms with Crippen molar-refractivity contribution >= 4 is 0 Å². The third kappa shape index (κ3) is 5.79. The van der Waals surface area contributed by atoms with E-state index in [1.807, 2.05) is 19.2 Å². The summed E-state index contributed by atoms with van der Waals surface area (Å²) in [6, 6.07) is 4.05. The monoisotopic (exact) mass is 175 g/mol. The summed E-state index contributed by atoms with van der Waals surface area (Å²) in [6.45, 7) is 4.06. The van der Waals surface area contributed by atoms with Gasteiger partial charge in [-0.1, -0.05) is 0 Å². The lowest BCUT2D eigenvalue weighted by Crippen LogP contribution is -1.94. The summed E-state index contributed by atoms with van der Waals surface area (Å²) in [5, 5.41) is 0. The minimum absolute atomic E-state index is 0.167. The SMILES string of the molecule is Cc1ccnc(C)c1.[O-][Cl+]O. The van der Waals surface area contributed by atoms with Crippen LogP contribution in [0.25, 0.3) is 0 Å². The van der Waals surface area contributed by atoms with E-state index in [9.17, 15) is 0 Å². The maximum Gasteiger partial charge on any atom is 0.327 e. The van der Waals surface area contributed by atoms with Gasteiger partial charge in [0.05, 0.1) is 0 Å². The normalized spacial score (nSPS) is 8.36. The quantitative estimate of drug-likeness (QED) is 0.602. The molecule has 11 heavy (non-hydrogen) atoms. The molecule has 0 fully saturated rings. The summed E-state index contributed by atoms with van der Waals surface area (Å²) in [7, 11) is 0. The maximum absolute atomic E-state index is 8.35. The summed E-state index contributed by atoms with van der Waals surface area (Å²) < 4.78 is 15.2. The Kier molecular flexibility index (Phi) is 5.74. The van der Waals surface area contributed by atoms with Crippen LogP contribution in [-0.4, -0.2) is 9.64 Å². The van der Waals surface area contributed by atoms with E-state index >= 15 is 0 Å². The van der Waals surface area contributed by atoms with Crippen molar-refractivity contribution < 1.29 is 20.6 Å². The van der Waals surface area contributed by atoms with E-state index in [4.69, 9.17) is 9.32 Å². The first-order valence-corrected chi connectivity index (χ1v) is 3.65. The van der Waals surface area contributed by atoms with Crippen LogP contribution in [0.5, 0.6) is 0 Å². The second kappa shape index (κ2) is 6.09. The molecule has 0 saturated heterocycles. The van der Waals surface area contributed by atoms with E-state index in [-0.39, 0.29) is 11.3 Å². The van der Waals surface area contributed by atoms with Gasteiger partial charge in [-0.3, -0.25) is 4.98 Å². The van der Waals surface area contributed by atoms with Crippen LogP contribution < -0.4 is 4.66 Å². The van der Waals surface area contributed by atoms with Crippen molar-refractivity contribution in [3.8, 4) is 0 Å². The van der Waals surface area contributed by atoms with E-state index in [1.54, 1.807) is 0 Å². The Balaban J connectivity index is 0.000000292. The smallest absolute Gasteiger partial charge is 0.327 e. The van der Waals surface area contributed by atoms with Gasteiger partial charge in [0.25, 0.3) is 0 Å². The third-order valence-electron chi connectivity index (χ3n) is 1.05. The zero-order valence-electron chi connectivity index (χ0n) is 6.41. The highest BCUT2D eigenvalue weighted by Gasteiger charge is 1.82. The molecule has 4 heteroatoms. The molecule has 0 amide bonds. The predicted molar refractivity (Wildman–Crippen MR) is 35.9 cm³/mol. The second-order valence-electron chi connectivity index (χ2n) is 2.04. The van der Waals surface area contributed by atoms with Crippen molar-refractivity contribution in [1.82, 2.24) is 4.98 Å². The average Bonchev–Trinajstić information content (AvgIpc) is 1.88. The third-order valence-corrected chi connectivity index (χ3v) is 1.05. The van der Waals surface area contributed by atoms with Gasteiger partial charge in [-0.15, -0.1) is 4.66 Å². The lowest BCUT2D eigenvalue weighted by Gasteiger charge is -1.90. The molecule has 1 heterocycles. The number of aromatic nitrogens is 1. The molecule has 0 radical (unpaired) electrons. The number of rotatable bonds is 0. The lowest BCUT2D eigenvalue weighted by molar-refractivity contribution is -1.27. The number of hydrogen-bond donors (Lipinski definition) is 1. The van der Waals surface area contributed by atoms with Gasteiger partial charge >= 0.3 is 11.3 Å². The molecule has 0 aliphatic heterocycles. The lowest BCUT2D eigenvalue weighted by atomic mass is 10.3. The minimum Gasteiger partial charge on any atom is -0.506 e. The number of nitrogens with zero attached hydrogens (tertiary/aromatic N) is 1. The molecule has 0 bridgehead atoms. The molecule has 0 atom stereocenters. The molecular weight excluding hydrogens is 166 g/mol. The van der Waals surface area contributed by atoms with Crippen LogP contribution in [0, 0.1) is 25.2 Å². The first kappa shape index (κ1) is 10.4. The number of hydrogen-bond acceptors (Lipinski definition) is 3. The van der Waals surface area contributed by atoms with Gasteiger partial charge in [0.1, 0.15) is 0 Å². The average molecular weight is 176 g/mol. The molecule has 1 aromatic rings. The molecule has 0 spiro atoms. The molecule has 0 aliphatic carbocycles. The first-order valence-electron chi connectivity index (χ1n) is 3.00. The largest absolute Gasteiger partial charge is 0.506 e. The number of aryl methyl sites for hydroxylation is 2. The summed E-state index contributed by atoms with van der Waals surface area (Å²) in [4.78, 5) is 4.04. The van der Waals surface area contributed by atoms with Gasteiger partial charge < -0.3 is 4.66 Å². The van der Waals surface area contributed by atoms with Crippen molar-refractivity contribution in [2.45, 2.75) is 13.8 Å². The topological polar surface area (TPSA) is 56.2 Å². The van der Waals surface area contributed by atoms with Crippen LogP contribution in [0.1, 0.15) is 11.3 Å². The Morgan fingerprint density at radius 2 is 2.09 bits per heavy atom. The van der Waals surface area contributed by atoms with Crippen LogP contribution in [0.15, 0.2) is 18.3 Å². The Morgan fingerprint density at radius 1 is 1.55 bits per heavy atom. The van der Waals surface area contributed by atoms with Crippen molar-refractivity contribution in [2.24, 2.45) is 0 Å². The predicted octanol–water partition coefficient (Wildman–Crippen LogP) is -0.0476. The van der Waals surface area contributed by atoms with Crippen molar-refractivity contribution in [2.75, 3.05) is 0 Å². The van der Waals surface area contributed by atoms with E-state index < -0.39 is 0 Å².